The summed E-state index contributed by atoms with van der Waals surface area (Å²) in [6, 6.07) is 9.29. The Balaban J connectivity index is 1.88. The average molecular weight is 244 g/mol. The lowest BCUT2D eigenvalue weighted by Crippen LogP contribution is -1.96. The first kappa shape index (κ1) is 12.7. The molecule has 0 amide bonds. The summed E-state index contributed by atoms with van der Waals surface area (Å²) in [5.41, 5.74) is 3.84. The summed E-state index contributed by atoms with van der Waals surface area (Å²) in [6.45, 7) is 3.72. The molecule has 1 aromatic carbocycles. The van der Waals surface area contributed by atoms with Gasteiger partial charge in [-0.15, -0.1) is 0 Å². The highest BCUT2D eigenvalue weighted by Gasteiger charge is 2.00. The van der Waals surface area contributed by atoms with Crippen LogP contribution in [-0.2, 0) is 12.8 Å². The Kier molecular flexibility index (Phi) is 4.03. The highest BCUT2D eigenvalue weighted by Crippen LogP contribution is 2.12. The van der Waals surface area contributed by atoms with E-state index in [1.54, 1.807) is 6.92 Å². The summed E-state index contributed by atoms with van der Waals surface area (Å²) >= 11 is 0. The largest absolute Gasteiger partial charge is 0.207 e. The van der Waals surface area contributed by atoms with Gasteiger partial charge < -0.3 is 0 Å². The van der Waals surface area contributed by atoms with Crippen LogP contribution in [0.25, 0.3) is 0 Å². The molecular formula is C15H17FN2. The van der Waals surface area contributed by atoms with Gasteiger partial charge in [-0.2, -0.15) is 10.2 Å². The molecule has 0 spiro atoms. The molecule has 2 rings (SSSR count). The van der Waals surface area contributed by atoms with Crippen molar-refractivity contribution in [2.45, 2.75) is 33.1 Å². The van der Waals surface area contributed by atoms with Gasteiger partial charge in [0.15, 0.2) is 0 Å². The molecule has 0 unspecified atom stereocenters. The molecule has 0 aliphatic carbocycles. The van der Waals surface area contributed by atoms with Gasteiger partial charge in [-0.05, 0) is 62.4 Å². The number of aryl methyl sites for hydroxylation is 4. The van der Waals surface area contributed by atoms with Gasteiger partial charge in [0.2, 0.25) is 0 Å². The van der Waals surface area contributed by atoms with Crippen LogP contribution < -0.4 is 0 Å². The predicted octanol–water partition coefficient (Wildman–Crippen LogP) is 3.41. The maximum atomic E-state index is 13.1. The summed E-state index contributed by atoms with van der Waals surface area (Å²) in [4.78, 5) is 0. The molecule has 0 N–H and O–H groups in total. The van der Waals surface area contributed by atoms with Crippen LogP contribution in [0.1, 0.15) is 28.9 Å². The van der Waals surface area contributed by atoms with Crippen molar-refractivity contribution in [1.29, 1.82) is 0 Å². The molecule has 18 heavy (non-hydrogen) atoms. The molecule has 0 saturated heterocycles. The fraction of sp³-hybridized carbons (Fsp3) is 0.333. The van der Waals surface area contributed by atoms with Crippen molar-refractivity contribution in [2.75, 3.05) is 0 Å². The van der Waals surface area contributed by atoms with E-state index in [1.807, 2.05) is 31.2 Å². The topological polar surface area (TPSA) is 25.8 Å². The lowest BCUT2D eigenvalue weighted by atomic mass is 10.0. The van der Waals surface area contributed by atoms with Crippen LogP contribution in [0.5, 0.6) is 0 Å². The van der Waals surface area contributed by atoms with Crippen molar-refractivity contribution in [1.82, 2.24) is 10.2 Å². The zero-order valence-corrected chi connectivity index (χ0v) is 10.8. The number of halogens is 1. The quantitative estimate of drug-likeness (QED) is 0.823. The van der Waals surface area contributed by atoms with Crippen molar-refractivity contribution in [3.63, 3.8) is 0 Å². The van der Waals surface area contributed by atoms with Crippen LogP contribution in [0.3, 0.4) is 0 Å². The van der Waals surface area contributed by atoms with Crippen molar-refractivity contribution in [3.05, 3.63) is 58.7 Å². The second kappa shape index (κ2) is 5.71. The van der Waals surface area contributed by atoms with Gasteiger partial charge in [0.05, 0.1) is 11.4 Å². The zero-order valence-electron chi connectivity index (χ0n) is 10.8. The van der Waals surface area contributed by atoms with E-state index in [9.17, 15) is 4.39 Å². The fourth-order valence-electron chi connectivity index (χ4n) is 1.90. The van der Waals surface area contributed by atoms with Gasteiger partial charge in [-0.3, -0.25) is 0 Å². The maximum Gasteiger partial charge on any atom is 0.126 e. The highest BCUT2D eigenvalue weighted by molar-refractivity contribution is 5.24. The SMILES string of the molecule is Cc1ccc(CCCc2ccc(F)c(C)c2)nn1. The third kappa shape index (κ3) is 3.36. The molecule has 2 aromatic rings. The molecule has 0 saturated carbocycles. The van der Waals surface area contributed by atoms with Gasteiger partial charge in [-0.25, -0.2) is 4.39 Å². The van der Waals surface area contributed by atoms with Crippen LogP contribution in [0, 0.1) is 19.7 Å². The highest BCUT2D eigenvalue weighted by atomic mass is 19.1. The summed E-state index contributed by atoms with van der Waals surface area (Å²) in [7, 11) is 0. The van der Waals surface area contributed by atoms with Crippen LogP contribution in [0.15, 0.2) is 30.3 Å². The fourth-order valence-corrected chi connectivity index (χ4v) is 1.90. The summed E-state index contributed by atoms with van der Waals surface area (Å²) in [5.74, 6) is -0.136. The molecular weight excluding hydrogens is 227 g/mol. The smallest absolute Gasteiger partial charge is 0.126 e. The first-order valence-corrected chi connectivity index (χ1v) is 6.19. The summed E-state index contributed by atoms with van der Waals surface area (Å²) in [5, 5.41) is 8.16. The van der Waals surface area contributed by atoms with Crippen LogP contribution in [0.2, 0.25) is 0 Å². The third-order valence-electron chi connectivity index (χ3n) is 2.97. The van der Waals surface area contributed by atoms with Gasteiger partial charge in [0, 0.05) is 0 Å². The molecule has 2 nitrogen and oxygen atoms in total. The lowest BCUT2D eigenvalue weighted by Gasteiger charge is -2.03. The Bertz CT molecular complexity index is 521. The minimum absolute atomic E-state index is 0.136. The van der Waals surface area contributed by atoms with Gasteiger partial charge >= 0.3 is 0 Å². The van der Waals surface area contributed by atoms with Crippen LogP contribution >= 0.6 is 0 Å². The molecule has 1 aromatic heterocycles. The maximum absolute atomic E-state index is 13.1. The number of benzene rings is 1. The Morgan fingerprint density at radius 2 is 1.83 bits per heavy atom. The predicted molar refractivity (Wildman–Crippen MR) is 69.9 cm³/mol. The van der Waals surface area contributed by atoms with Crippen LogP contribution in [0.4, 0.5) is 4.39 Å². The average Bonchev–Trinajstić information content (AvgIpc) is 2.36. The number of rotatable bonds is 4. The van der Waals surface area contributed by atoms with Gasteiger partial charge in [0.1, 0.15) is 5.82 Å². The van der Waals surface area contributed by atoms with Crippen molar-refractivity contribution in [3.8, 4) is 0 Å². The molecule has 0 radical (unpaired) electrons. The normalized spacial score (nSPS) is 10.6. The first-order valence-electron chi connectivity index (χ1n) is 6.19. The molecule has 0 bridgehead atoms. The Hall–Kier alpha value is -1.77. The van der Waals surface area contributed by atoms with Crippen molar-refractivity contribution < 1.29 is 4.39 Å². The number of nitrogens with zero attached hydrogens (tertiary/aromatic N) is 2. The second-order valence-corrected chi connectivity index (χ2v) is 4.60. The number of hydrogen-bond donors (Lipinski definition) is 0. The van der Waals surface area contributed by atoms with Crippen LogP contribution in [-0.4, -0.2) is 10.2 Å². The summed E-state index contributed by atoms with van der Waals surface area (Å²) < 4.78 is 13.1. The van der Waals surface area contributed by atoms with Crippen molar-refractivity contribution in [2.24, 2.45) is 0 Å². The number of aromatic nitrogens is 2. The Morgan fingerprint density at radius 1 is 1.00 bits per heavy atom. The Morgan fingerprint density at radius 3 is 2.50 bits per heavy atom. The molecule has 0 aliphatic rings. The van der Waals surface area contributed by atoms with E-state index < -0.39 is 0 Å². The Labute approximate surface area is 107 Å². The van der Waals surface area contributed by atoms with E-state index in [4.69, 9.17) is 0 Å². The molecule has 0 fully saturated rings. The molecule has 94 valence electrons. The standard InChI is InChI=1S/C15H17FN2/c1-11-10-13(7-9-15(11)16)4-3-5-14-8-6-12(2)17-18-14/h6-10H,3-5H2,1-2H3. The van der Waals surface area contributed by atoms with Gasteiger partial charge in [-0.1, -0.05) is 12.1 Å². The van der Waals surface area contributed by atoms with E-state index in [2.05, 4.69) is 10.2 Å². The van der Waals surface area contributed by atoms with E-state index in [0.29, 0.717) is 5.56 Å². The zero-order chi connectivity index (χ0) is 13.0. The molecule has 1 heterocycles. The van der Waals surface area contributed by atoms with E-state index in [0.717, 1.165) is 30.7 Å². The second-order valence-electron chi connectivity index (χ2n) is 4.60. The summed E-state index contributed by atoms with van der Waals surface area (Å²) in [6.07, 6.45) is 2.85. The van der Waals surface area contributed by atoms with E-state index in [-0.39, 0.29) is 5.82 Å². The minimum atomic E-state index is -0.136. The van der Waals surface area contributed by atoms with E-state index in [1.165, 1.54) is 11.6 Å². The van der Waals surface area contributed by atoms with Gasteiger partial charge in [0.25, 0.3) is 0 Å². The van der Waals surface area contributed by atoms with Crippen molar-refractivity contribution >= 4 is 0 Å². The molecule has 0 atom stereocenters. The lowest BCUT2D eigenvalue weighted by molar-refractivity contribution is 0.617. The monoisotopic (exact) mass is 244 g/mol. The third-order valence-corrected chi connectivity index (χ3v) is 2.97. The first-order chi connectivity index (χ1) is 8.65. The number of hydrogen-bond acceptors (Lipinski definition) is 2. The molecule has 0 aliphatic heterocycles. The molecule has 3 heteroatoms. The van der Waals surface area contributed by atoms with E-state index >= 15 is 0 Å². The minimum Gasteiger partial charge on any atom is -0.207 e.